The molecule has 3 nitrogen and oxygen atoms in total. The first-order valence-electron chi connectivity index (χ1n) is 8.50. The Hall–Kier alpha value is -1.13. The quantitative estimate of drug-likeness (QED) is 0.926. The third-order valence-electron chi connectivity index (χ3n) is 5.13. The number of halogens is 1. The molecule has 0 radical (unpaired) electrons. The first-order valence-corrected chi connectivity index (χ1v) is 8.50. The van der Waals surface area contributed by atoms with Crippen molar-refractivity contribution in [3.8, 4) is 5.75 Å². The van der Waals surface area contributed by atoms with Gasteiger partial charge in [-0.3, -0.25) is 0 Å². The van der Waals surface area contributed by atoms with E-state index in [0.29, 0.717) is 12.5 Å². The minimum absolute atomic E-state index is 0.173. The Bertz CT molecular complexity index is 490. The molecule has 0 aromatic heterocycles. The Kier molecular flexibility index (Phi) is 4.99. The second-order valence-electron chi connectivity index (χ2n) is 6.77. The second kappa shape index (κ2) is 6.97. The van der Waals surface area contributed by atoms with E-state index in [1.165, 1.54) is 31.7 Å². The highest BCUT2D eigenvalue weighted by molar-refractivity contribution is 5.23. The Morgan fingerprint density at radius 3 is 2.68 bits per heavy atom. The molecule has 1 N–H and O–H groups in total. The molecule has 1 atom stereocenters. The van der Waals surface area contributed by atoms with Crippen molar-refractivity contribution in [1.29, 1.82) is 0 Å². The predicted molar refractivity (Wildman–Crippen MR) is 84.5 cm³/mol. The van der Waals surface area contributed by atoms with Crippen LogP contribution < -0.4 is 4.74 Å². The van der Waals surface area contributed by atoms with E-state index >= 15 is 0 Å². The summed E-state index contributed by atoms with van der Waals surface area (Å²) in [4.78, 5) is 2.54. The topological polar surface area (TPSA) is 32.7 Å². The summed E-state index contributed by atoms with van der Waals surface area (Å²) in [5, 5.41) is 10.8. The Morgan fingerprint density at radius 1 is 1.14 bits per heavy atom. The minimum atomic E-state index is -0.838. The smallest absolute Gasteiger partial charge is 0.165 e. The first kappa shape index (κ1) is 15.8. The highest BCUT2D eigenvalue weighted by Gasteiger charge is 2.33. The van der Waals surface area contributed by atoms with Crippen LogP contribution in [0.3, 0.4) is 0 Å². The van der Waals surface area contributed by atoms with Gasteiger partial charge in [-0.25, -0.2) is 4.39 Å². The molecule has 0 amide bonds. The van der Waals surface area contributed by atoms with E-state index in [-0.39, 0.29) is 18.2 Å². The lowest BCUT2D eigenvalue weighted by Gasteiger charge is -2.29. The van der Waals surface area contributed by atoms with Crippen LogP contribution in [0, 0.1) is 5.82 Å². The monoisotopic (exact) mass is 307 g/mol. The van der Waals surface area contributed by atoms with Gasteiger partial charge in [-0.2, -0.15) is 0 Å². The molecule has 1 aliphatic heterocycles. The van der Waals surface area contributed by atoms with Crippen LogP contribution >= 0.6 is 0 Å². The Morgan fingerprint density at radius 2 is 1.91 bits per heavy atom. The molecular weight excluding hydrogens is 281 g/mol. The largest absolute Gasteiger partial charge is 0.488 e. The Labute approximate surface area is 132 Å². The maximum Gasteiger partial charge on any atom is 0.165 e. The lowest BCUT2D eigenvalue weighted by atomic mass is 9.96. The third-order valence-corrected chi connectivity index (χ3v) is 5.13. The minimum Gasteiger partial charge on any atom is -0.488 e. The number of benzene rings is 1. The lowest BCUT2D eigenvalue weighted by Crippen LogP contribution is -2.39. The molecule has 22 heavy (non-hydrogen) atoms. The molecule has 1 saturated heterocycles. The van der Waals surface area contributed by atoms with Crippen molar-refractivity contribution < 1.29 is 14.2 Å². The van der Waals surface area contributed by atoms with Crippen LogP contribution in [0.15, 0.2) is 24.3 Å². The van der Waals surface area contributed by atoms with Gasteiger partial charge in [0.25, 0.3) is 0 Å². The van der Waals surface area contributed by atoms with Crippen molar-refractivity contribution >= 4 is 0 Å². The van der Waals surface area contributed by atoms with Crippen molar-refractivity contribution in [2.24, 2.45) is 0 Å². The Balaban J connectivity index is 1.55. The van der Waals surface area contributed by atoms with Crippen LogP contribution in [0.4, 0.5) is 4.39 Å². The summed E-state index contributed by atoms with van der Waals surface area (Å²) < 4.78 is 19.2. The van der Waals surface area contributed by atoms with Gasteiger partial charge in [-0.1, -0.05) is 25.0 Å². The van der Waals surface area contributed by atoms with Crippen molar-refractivity contribution in [2.75, 3.05) is 19.7 Å². The van der Waals surface area contributed by atoms with E-state index in [1.807, 2.05) is 0 Å². The van der Waals surface area contributed by atoms with E-state index in [0.717, 1.165) is 25.9 Å². The summed E-state index contributed by atoms with van der Waals surface area (Å²) in [6.07, 6.45) is 7.67. The van der Waals surface area contributed by atoms with Crippen LogP contribution in [0.5, 0.6) is 5.75 Å². The average molecular weight is 307 g/mol. The molecule has 0 bridgehead atoms. The molecule has 2 fully saturated rings. The number of para-hydroxylation sites is 1. The number of hydrogen-bond acceptors (Lipinski definition) is 3. The number of nitrogens with zero attached hydrogens (tertiary/aromatic N) is 1. The van der Waals surface area contributed by atoms with Crippen LogP contribution in [0.25, 0.3) is 0 Å². The molecule has 1 aromatic rings. The van der Waals surface area contributed by atoms with Gasteiger partial charge in [0.15, 0.2) is 11.6 Å². The summed E-state index contributed by atoms with van der Waals surface area (Å²) in [7, 11) is 0. The van der Waals surface area contributed by atoms with E-state index in [4.69, 9.17) is 4.74 Å². The van der Waals surface area contributed by atoms with Gasteiger partial charge < -0.3 is 14.7 Å². The summed E-state index contributed by atoms with van der Waals surface area (Å²) in [5.74, 6) is -0.139. The molecular formula is C18H26FNO2. The van der Waals surface area contributed by atoms with Crippen molar-refractivity contribution in [2.45, 2.75) is 56.6 Å². The fraction of sp³-hybridized carbons (Fsp3) is 0.667. The molecule has 3 rings (SSSR count). The summed E-state index contributed by atoms with van der Waals surface area (Å²) in [5.41, 5.74) is -0.838. The first-order chi connectivity index (χ1) is 10.7. The van der Waals surface area contributed by atoms with Crippen LogP contribution in [-0.2, 0) is 0 Å². The SMILES string of the molecule is O[C@]1(COc2ccccc2F)CCCN(C2CCCC2)CC1. The fourth-order valence-electron chi connectivity index (χ4n) is 3.75. The molecule has 1 aromatic carbocycles. The molecule has 2 aliphatic rings. The standard InChI is InChI=1S/C18H26FNO2/c19-16-8-3-4-9-17(16)22-14-18(21)10-5-12-20(13-11-18)15-6-1-2-7-15/h3-4,8-9,15,21H,1-2,5-7,10-14H2/t18-/m1/s1. The van der Waals surface area contributed by atoms with Crippen molar-refractivity contribution in [3.05, 3.63) is 30.1 Å². The molecule has 0 unspecified atom stereocenters. The summed E-state index contributed by atoms with van der Waals surface area (Å²) >= 11 is 0. The number of ether oxygens (including phenoxy) is 1. The van der Waals surface area contributed by atoms with E-state index in [1.54, 1.807) is 18.2 Å². The fourth-order valence-corrected chi connectivity index (χ4v) is 3.75. The van der Waals surface area contributed by atoms with Crippen molar-refractivity contribution in [1.82, 2.24) is 4.90 Å². The maximum absolute atomic E-state index is 13.6. The maximum atomic E-state index is 13.6. The van der Waals surface area contributed by atoms with Gasteiger partial charge in [0.1, 0.15) is 6.61 Å². The van der Waals surface area contributed by atoms with Crippen LogP contribution in [0.1, 0.15) is 44.9 Å². The zero-order chi connectivity index (χ0) is 15.4. The number of rotatable bonds is 4. The van der Waals surface area contributed by atoms with Gasteiger partial charge in [0, 0.05) is 12.6 Å². The van der Waals surface area contributed by atoms with Gasteiger partial charge in [0.05, 0.1) is 5.60 Å². The van der Waals surface area contributed by atoms with Gasteiger partial charge in [0.2, 0.25) is 0 Å². The molecule has 4 heteroatoms. The normalized spacial score (nSPS) is 27.7. The average Bonchev–Trinajstić information content (AvgIpc) is 2.97. The molecule has 122 valence electrons. The summed E-state index contributed by atoms with van der Waals surface area (Å²) in [6, 6.07) is 7.09. The van der Waals surface area contributed by atoms with Crippen LogP contribution in [0.2, 0.25) is 0 Å². The second-order valence-corrected chi connectivity index (χ2v) is 6.77. The number of hydrogen-bond donors (Lipinski definition) is 1. The molecule has 0 spiro atoms. The van der Waals surface area contributed by atoms with E-state index in [2.05, 4.69) is 4.90 Å². The zero-order valence-electron chi connectivity index (χ0n) is 13.1. The molecule has 1 heterocycles. The highest BCUT2D eigenvalue weighted by atomic mass is 19.1. The summed E-state index contributed by atoms with van der Waals surface area (Å²) in [6.45, 7) is 2.15. The van der Waals surface area contributed by atoms with Gasteiger partial charge in [-0.05, 0) is 50.8 Å². The predicted octanol–water partition coefficient (Wildman–Crippen LogP) is 3.36. The van der Waals surface area contributed by atoms with Gasteiger partial charge >= 0.3 is 0 Å². The van der Waals surface area contributed by atoms with Crippen molar-refractivity contribution in [3.63, 3.8) is 0 Å². The highest BCUT2D eigenvalue weighted by Crippen LogP contribution is 2.29. The van der Waals surface area contributed by atoms with Gasteiger partial charge in [-0.15, -0.1) is 0 Å². The number of aliphatic hydroxyl groups is 1. The lowest BCUT2D eigenvalue weighted by molar-refractivity contribution is -0.0183. The van der Waals surface area contributed by atoms with E-state index < -0.39 is 5.60 Å². The molecule has 1 aliphatic carbocycles. The zero-order valence-corrected chi connectivity index (χ0v) is 13.1. The van der Waals surface area contributed by atoms with Crippen LogP contribution in [-0.4, -0.2) is 41.3 Å². The number of likely N-dealkylation sites (tertiary alicyclic amines) is 1. The molecule has 1 saturated carbocycles. The third kappa shape index (κ3) is 3.79. The van der Waals surface area contributed by atoms with E-state index in [9.17, 15) is 9.50 Å².